The molecule has 0 atom stereocenters. The molecule has 0 aliphatic carbocycles. The minimum Gasteiger partial charge on any atom is -0.384 e. The minimum absolute atomic E-state index is 0.0582. The molecule has 2 aromatic heterocycles. The number of carbonyl (C=O) groups is 1. The molecule has 7 nitrogen and oxygen atoms in total. The van der Waals surface area contributed by atoms with Crippen LogP contribution in [0.25, 0.3) is 5.65 Å². The number of pyridine rings is 1. The Morgan fingerprint density at radius 3 is 2.92 bits per heavy atom. The normalized spacial score (nSPS) is 16.7. The van der Waals surface area contributed by atoms with E-state index >= 15 is 0 Å². The smallest absolute Gasteiger partial charge is 0.270 e. The topological polar surface area (TPSA) is 84.7 Å². The van der Waals surface area contributed by atoms with Gasteiger partial charge in [-0.1, -0.05) is 0 Å². The molecule has 0 aromatic carbocycles. The Balaban J connectivity index is 1.79. The minimum atomic E-state index is -0.388. The zero-order valence-corrected chi connectivity index (χ0v) is 14.7. The summed E-state index contributed by atoms with van der Waals surface area (Å²) >= 11 is 0. The van der Waals surface area contributed by atoms with Crippen molar-refractivity contribution >= 4 is 11.6 Å². The molecule has 0 saturated carbocycles. The van der Waals surface area contributed by atoms with E-state index < -0.39 is 0 Å². The van der Waals surface area contributed by atoms with Crippen molar-refractivity contribution in [1.82, 2.24) is 20.0 Å². The molecule has 134 valence electrons. The number of nitrogens with zero attached hydrogens (tertiary/aromatic N) is 2. The van der Waals surface area contributed by atoms with Crippen molar-refractivity contribution in [3.63, 3.8) is 0 Å². The first-order chi connectivity index (χ1) is 12.0. The Bertz CT molecular complexity index is 819. The Morgan fingerprint density at radius 2 is 2.20 bits per heavy atom. The SMILES string of the molecule is COCC1(CNC(=O)c2cnc3cc(C)ccn3c2=O)CCNCC1. The van der Waals surface area contributed by atoms with Gasteiger partial charge in [0.05, 0.1) is 6.61 Å². The second-order valence-electron chi connectivity index (χ2n) is 6.78. The van der Waals surface area contributed by atoms with Crippen molar-refractivity contribution in [2.24, 2.45) is 5.41 Å². The average Bonchev–Trinajstić information content (AvgIpc) is 2.61. The van der Waals surface area contributed by atoms with Crippen molar-refractivity contribution in [1.29, 1.82) is 0 Å². The fourth-order valence-electron chi connectivity index (χ4n) is 3.33. The number of fused-ring (bicyclic) bond motifs is 1. The number of rotatable bonds is 5. The Labute approximate surface area is 146 Å². The summed E-state index contributed by atoms with van der Waals surface area (Å²) in [6.45, 7) is 4.80. The molecule has 2 N–H and O–H groups in total. The van der Waals surface area contributed by atoms with Crippen LogP contribution in [0.3, 0.4) is 0 Å². The molecular formula is C18H24N4O3. The van der Waals surface area contributed by atoms with Gasteiger partial charge in [0, 0.05) is 31.5 Å². The predicted molar refractivity (Wildman–Crippen MR) is 94.9 cm³/mol. The summed E-state index contributed by atoms with van der Waals surface area (Å²) in [6.07, 6.45) is 4.86. The Kier molecular flexibility index (Phi) is 5.15. The van der Waals surface area contributed by atoms with Gasteiger partial charge in [-0.3, -0.25) is 14.0 Å². The number of hydrogen-bond acceptors (Lipinski definition) is 5. The highest BCUT2D eigenvalue weighted by molar-refractivity contribution is 5.93. The number of nitrogens with one attached hydrogen (secondary N) is 2. The summed E-state index contributed by atoms with van der Waals surface area (Å²) in [5.74, 6) is -0.388. The van der Waals surface area contributed by atoms with Crippen LogP contribution in [0.1, 0.15) is 28.8 Å². The first-order valence-electron chi connectivity index (χ1n) is 8.51. The molecule has 3 rings (SSSR count). The fourth-order valence-corrected chi connectivity index (χ4v) is 3.33. The Morgan fingerprint density at radius 1 is 1.44 bits per heavy atom. The molecule has 0 radical (unpaired) electrons. The van der Waals surface area contributed by atoms with Crippen molar-refractivity contribution in [3.05, 3.63) is 46.0 Å². The lowest BCUT2D eigenvalue weighted by atomic mass is 9.79. The van der Waals surface area contributed by atoms with Crippen LogP contribution >= 0.6 is 0 Å². The summed E-state index contributed by atoms with van der Waals surface area (Å²) in [7, 11) is 1.67. The zero-order valence-electron chi connectivity index (χ0n) is 14.7. The average molecular weight is 344 g/mol. The third-order valence-corrected chi connectivity index (χ3v) is 4.85. The van der Waals surface area contributed by atoms with Crippen LogP contribution in [-0.2, 0) is 4.74 Å². The molecule has 2 aromatic rings. The number of amides is 1. The third kappa shape index (κ3) is 3.72. The monoisotopic (exact) mass is 344 g/mol. The largest absolute Gasteiger partial charge is 0.384 e. The van der Waals surface area contributed by atoms with E-state index in [1.54, 1.807) is 13.3 Å². The summed E-state index contributed by atoms with van der Waals surface area (Å²) in [6, 6.07) is 3.63. The molecule has 1 amide bonds. The highest BCUT2D eigenvalue weighted by Gasteiger charge is 2.32. The summed E-state index contributed by atoms with van der Waals surface area (Å²) in [4.78, 5) is 29.3. The molecule has 0 bridgehead atoms. The molecule has 25 heavy (non-hydrogen) atoms. The molecule has 1 fully saturated rings. The standard InChI is InChI=1S/C18H24N4O3/c1-13-3-8-22-15(9-13)20-10-14(17(22)24)16(23)21-11-18(12-25-2)4-6-19-7-5-18/h3,8-10,19H,4-7,11-12H2,1-2H3,(H,21,23). The number of aromatic nitrogens is 2. The molecule has 1 saturated heterocycles. The molecule has 0 spiro atoms. The zero-order chi connectivity index (χ0) is 17.9. The van der Waals surface area contributed by atoms with Gasteiger partial charge >= 0.3 is 0 Å². The molecule has 1 aliphatic heterocycles. The van der Waals surface area contributed by atoms with Crippen LogP contribution in [0.15, 0.2) is 29.3 Å². The lowest BCUT2D eigenvalue weighted by Gasteiger charge is -2.37. The number of piperidine rings is 1. The van der Waals surface area contributed by atoms with Crippen LogP contribution in [0, 0.1) is 12.3 Å². The van der Waals surface area contributed by atoms with Crippen molar-refractivity contribution in [2.45, 2.75) is 19.8 Å². The van der Waals surface area contributed by atoms with Gasteiger partial charge in [0.25, 0.3) is 11.5 Å². The van der Waals surface area contributed by atoms with E-state index in [4.69, 9.17) is 4.74 Å². The third-order valence-electron chi connectivity index (χ3n) is 4.85. The highest BCUT2D eigenvalue weighted by Crippen LogP contribution is 2.28. The predicted octanol–water partition coefficient (Wildman–Crippen LogP) is 0.749. The van der Waals surface area contributed by atoms with Gasteiger partial charge in [0.1, 0.15) is 11.2 Å². The molecule has 1 aliphatic rings. The lowest BCUT2D eigenvalue weighted by molar-refractivity contribution is 0.0511. The lowest BCUT2D eigenvalue weighted by Crippen LogP contribution is -2.47. The second kappa shape index (κ2) is 7.33. The maximum Gasteiger partial charge on any atom is 0.270 e. The number of aryl methyl sites for hydroxylation is 1. The molecular weight excluding hydrogens is 320 g/mol. The van der Waals surface area contributed by atoms with Crippen molar-refractivity contribution in [3.8, 4) is 0 Å². The quantitative estimate of drug-likeness (QED) is 0.836. The highest BCUT2D eigenvalue weighted by atomic mass is 16.5. The first kappa shape index (κ1) is 17.6. The summed E-state index contributed by atoms with van der Waals surface area (Å²) < 4.78 is 6.76. The van der Waals surface area contributed by atoms with E-state index in [1.165, 1.54) is 10.6 Å². The van der Waals surface area contributed by atoms with Crippen LogP contribution in [0.2, 0.25) is 0 Å². The van der Waals surface area contributed by atoms with E-state index in [-0.39, 0.29) is 22.4 Å². The van der Waals surface area contributed by atoms with Gasteiger partial charge in [-0.05, 0) is 50.6 Å². The van der Waals surface area contributed by atoms with Gasteiger partial charge in [-0.2, -0.15) is 0 Å². The number of ether oxygens (including phenoxy) is 1. The van der Waals surface area contributed by atoms with E-state index in [0.29, 0.717) is 18.8 Å². The first-order valence-corrected chi connectivity index (χ1v) is 8.51. The van der Waals surface area contributed by atoms with Crippen LogP contribution in [0.5, 0.6) is 0 Å². The molecule has 3 heterocycles. The maximum atomic E-state index is 12.6. The summed E-state index contributed by atoms with van der Waals surface area (Å²) in [5.41, 5.74) is 1.16. The van der Waals surface area contributed by atoms with E-state index in [1.807, 2.05) is 19.1 Å². The van der Waals surface area contributed by atoms with E-state index in [2.05, 4.69) is 15.6 Å². The second-order valence-corrected chi connectivity index (χ2v) is 6.78. The van der Waals surface area contributed by atoms with Crippen LogP contribution in [0.4, 0.5) is 0 Å². The van der Waals surface area contributed by atoms with Crippen LogP contribution < -0.4 is 16.2 Å². The van der Waals surface area contributed by atoms with Gasteiger partial charge < -0.3 is 15.4 Å². The van der Waals surface area contributed by atoms with E-state index in [9.17, 15) is 9.59 Å². The number of carbonyl (C=O) groups excluding carboxylic acids is 1. The summed E-state index contributed by atoms with van der Waals surface area (Å²) in [5, 5.41) is 6.23. The van der Waals surface area contributed by atoms with Gasteiger partial charge in [0.15, 0.2) is 0 Å². The maximum absolute atomic E-state index is 12.6. The van der Waals surface area contributed by atoms with Crippen LogP contribution in [-0.4, -0.2) is 48.6 Å². The van der Waals surface area contributed by atoms with Gasteiger partial charge in [-0.25, -0.2) is 4.98 Å². The van der Waals surface area contributed by atoms with E-state index in [0.717, 1.165) is 31.5 Å². The Hall–Kier alpha value is -2.25. The van der Waals surface area contributed by atoms with Crippen molar-refractivity contribution in [2.75, 3.05) is 33.4 Å². The molecule has 7 heteroatoms. The fraction of sp³-hybridized carbons (Fsp3) is 0.500. The number of hydrogen-bond donors (Lipinski definition) is 2. The molecule has 0 unspecified atom stereocenters. The van der Waals surface area contributed by atoms with Crippen molar-refractivity contribution < 1.29 is 9.53 Å². The van der Waals surface area contributed by atoms with Gasteiger partial charge in [0.2, 0.25) is 0 Å². The number of methoxy groups -OCH3 is 1. The van der Waals surface area contributed by atoms with Gasteiger partial charge in [-0.15, -0.1) is 0 Å².